The van der Waals surface area contributed by atoms with Gasteiger partial charge in [0.05, 0.1) is 6.61 Å². The van der Waals surface area contributed by atoms with Gasteiger partial charge in [0.2, 0.25) is 0 Å². The van der Waals surface area contributed by atoms with E-state index in [-0.39, 0.29) is 6.29 Å². The summed E-state index contributed by atoms with van der Waals surface area (Å²) in [5.41, 5.74) is 1.78. The molecule has 3 heteroatoms. The summed E-state index contributed by atoms with van der Waals surface area (Å²) < 4.78 is 11.6. The molecule has 0 amide bonds. The first-order valence-corrected chi connectivity index (χ1v) is 8.42. The van der Waals surface area contributed by atoms with Crippen LogP contribution < -0.4 is 10.1 Å². The second kappa shape index (κ2) is 6.80. The molecule has 0 unspecified atom stereocenters. The van der Waals surface area contributed by atoms with Gasteiger partial charge in [-0.25, -0.2) is 0 Å². The molecule has 3 nitrogen and oxygen atoms in total. The van der Waals surface area contributed by atoms with Crippen LogP contribution in [-0.2, 0) is 10.2 Å². The molecule has 21 heavy (non-hydrogen) atoms. The van der Waals surface area contributed by atoms with Gasteiger partial charge in [-0.05, 0) is 49.9 Å². The molecule has 0 bridgehead atoms. The Morgan fingerprint density at radius 2 is 2.14 bits per heavy atom. The molecule has 116 valence electrons. The third-order valence-electron chi connectivity index (χ3n) is 4.84. The first kappa shape index (κ1) is 14.9. The SMILES string of the molecule is CCC[C@@]1(c2ccc(O[C@@H]3CCCCO3)cc2)CCNC1. The van der Waals surface area contributed by atoms with Crippen LogP contribution in [0.1, 0.15) is 51.0 Å². The van der Waals surface area contributed by atoms with Crippen molar-refractivity contribution in [3.63, 3.8) is 0 Å². The Balaban J connectivity index is 1.67. The van der Waals surface area contributed by atoms with E-state index in [0.717, 1.165) is 38.3 Å². The number of benzene rings is 1. The van der Waals surface area contributed by atoms with Crippen LogP contribution in [0.4, 0.5) is 0 Å². The van der Waals surface area contributed by atoms with Gasteiger partial charge in [-0.3, -0.25) is 0 Å². The smallest absolute Gasteiger partial charge is 0.199 e. The first-order valence-electron chi connectivity index (χ1n) is 8.42. The molecule has 1 aromatic carbocycles. The van der Waals surface area contributed by atoms with E-state index >= 15 is 0 Å². The zero-order valence-electron chi connectivity index (χ0n) is 13.1. The minimum Gasteiger partial charge on any atom is -0.465 e. The average molecular weight is 289 g/mol. The zero-order valence-corrected chi connectivity index (χ0v) is 13.1. The molecule has 0 radical (unpaired) electrons. The molecule has 2 atom stereocenters. The molecular formula is C18H27NO2. The van der Waals surface area contributed by atoms with Crippen molar-refractivity contribution < 1.29 is 9.47 Å². The van der Waals surface area contributed by atoms with E-state index < -0.39 is 0 Å². The second-order valence-electron chi connectivity index (χ2n) is 6.40. The van der Waals surface area contributed by atoms with Crippen LogP contribution in [0.15, 0.2) is 24.3 Å². The highest BCUT2D eigenvalue weighted by Gasteiger charge is 2.34. The number of rotatable bonds is 5. The van der Waals surface area contributed by atoms with E-state index in [1.54, 1.807) is 0 Å². The summed E-state index contributed by atoms with van der Waals surface area (Å²) in [6, 6.07) is 8.73. The van der Waals surface area contributed by atoms with Crippen molar-refractivity contribution in [2.24, 2.45) is 0 Å². The van der Waals surface area contributed by atoms with Gasteiger partial charge in [0.1, 0.15) is 5.75 Å². The van der Waals surface area contributed by atoms with Gasteiger partial charge in [0.15, 0.2) is 6.29 Å². The van der Waals surface area contributed by atoms with Crippen LogP contribution in [0.2, 0.25) is 0 Å². The second-order valence-corrected chi connectivity index (χ2v) is 6.40. The third kappa shape index (κ3) is 3.41. The maximum atomic E-state index is 5.93. The van der Waals surface area contributed by atoms with Crippen LogP contribution >= 0.6 is 0 Å². The molecule has 3 rings (SSSR count). The molecule has 0 aromatic heterocycles. The summed E-state index contributed by atoms with van der Waals surface area (Å²) in [4.78, 5) is 0. The molecule has 0 saturated carbocycles. The van der Waals surface area contributed by atoms with Gasteiger partial charge in [0.25, 0.3) is 0 Å². The summed E-state index contributed by atoms with van der Waals surface area (Å²) in [6.07, 6.45) is 7.04. The van der Waals surface area contributed by atoms with E-state index in [4.69, 9.17) is 9.47 Å². The van der Waals surface area contributed by atoms with Crippen molar-refractivity contribution >= 4 is 0 Å². The monoisotopic (exact) mass is 289 g/mol. The maximum absolute atomic E-state index is 5.93. The van der Waals surface area contributed by atoms with Gasteiger partial charge in [-0.1, -0.05) is 25.5 Å². The summed E-state index contributed by atoms with van der Waals surface area (Å²) in [7, 11) is 0. The van der Waals surface area contributed by atoms with Crippen molar-refractivity contribution in [2.75, 3.05) is 19.7 Å². The molecule has 2 heterocycles. The minimum absolute atomic E-state index is 0.0534. The Bertz CT molecular complexity index is 431. The van der Waals surface area contributed by atoms with E-state index in [2.05, 4.69) is 36.5 Å². The summed E-state index contributed by atoms with van der Waals surface area (Å²) in [6.45, 7) is 5.34. The Morgan fingerprint density at radius 1 is 1.29 bits per heavy atom. The number of nitrogens with one attached hydrogen (secondary N) is 1. The molecule has 2 saturated heterocycles. The zero-order chi connectivity index (χ0) is 14.5. The molecule has 0 aliphatic carbocycles. The quantitative estimate of drug-likeness (QED) is 0.898. The van der Waals surface area contributed by atoms with Crippen LogP contribution in [0, 0.1) is 0 Å². The summed E-state index contributed by atoms with van der Waals surface area (Å²) in [5, 5.41) is 3.53. The number of hydrogen-bond acceptors (Lipinski definition) is 3. The van der Waals surface area contributed by atoms with Crippen LogP contribution in [0.3, 0.4) is 0 Å². The fourth-order valence-electron chi connectivity index (χ4n) is 3.67. The van der Waals surface area contributed by atoms with Crippen molar-refractivity contribution in [1.29, 1.82) is 0 Å². The van der Waals surface area contributed by atoms with Crippen molar-refractivity contribution in [1.82, 2.24) is 5.32 Å². The van der Waals surface area contributed by atoms with Gasteiger partial charge in [-0.15, -0.1) is 0 Å². The fourth-order valence-corrected chi connectivity index (χ4v) is 3.67. The summed E-state index contributed by atoms with van der Waals surface area (Å²) >= 11 is 0. The molecular weight excluding hydrogens is 262 g/mol. The average Bonchev–Trinajstić information content (AvgIpc) is 2.99. The van der Waals surface area contributed by atoms with Crippen LogP contribution in [-0.4, -0.2) is 26.0 Å². The topological polar surface area (TPSA) is 30.5 Å². The predicted octanol–water partition coefficient (Wildman–Crippen LogP) is 3.62. The lowest BCUT2D eigenvalue weighted by atomic mass is 9.76. The number of ether oxygens (including phenoxy) is 2. The fraction of sp³-hybridized carbons (Fsp3) is 0.667. The Morgan fingerprint density at radius 3 is 2.76 bits per heavy atom. The largest absolute Gasteiger partial charge is 0.465 e. The highest BCUT2D eigenvalue weighted by molar-refractivity contribution is 5.34. The van der Waals surface area contributed by atoms with Crippen LogP contribution in [0.5, 0.6) is 5.75 Å². The summed E-state index contributed by atoms with van der Waals surface area (Å²) in [5.74, 6) is 0.934. The first-order chi connectivity index (χ1) is 10.3. The lowest BCUT2D eigenvalue weighted by Gasteiger charge is -2.29. The van der Waals surface area contributed by atoms with Crippen LogP contribution in [0.25, 0.3) is 0 Å². The highest BCUT2D eigenvalue weighted by atomic mass is 16.7. The van der Waals surface area contributed by atoms with E-state index in [9.17, 15) is 0 Å². The molecule has 1 N–H and O–H groups in total. The van der Waals surface area contributed by atoms with Gasteiger partial charge < -0.3 is 14.8 Å². The van der Waals surface area contributed by atoms with Gasteiger partial charge in [-0.2, -0.15) is 0 Å². The normalized spacial score (nSPS) is 29.5. The predicted molar refractivity (Wildman–Crippen MR) is 84.7 cm³/mol. The van der Waals surface area contributed by atoms with Gasteiger partial charge >= 0.3 is 0 Å². The Hall–Kier alpha value is -1.06. The van der Waals surface area contributed by atoms with Crippen molar-refractivity contribution in [2.45, 2.75) is 57.2 Å². The minimum atomic E-state index is -0.0534. The molecule has 2 aliphatic heterocycles. The third-order valence-corrected chi connectivity index (χ3v) is 4.84. The van der Waals surface area contributed by atoms with E-state index in [1.165, 1.54) is 31.2 Å². The highest BCUT2D eigenvalue weighted by Crippen LogP contribution is 2.36. The number of hydrogen-bond donors (Lipinski definition) is 1. The molecule has 2 aliphatic rings. The Kier molecular flexibility index (Phi) is 4.81. The standard InChI is InChI=1S/C18H27NO2/c1-2-10-18(11-12-19-14-18)15-6-8-16(9-7-15)21-17-5-3-4-13-20-17/h6-9,17,19H,2-5,10-14H2,1H3/t17-,18-/m1/s1. The molecule has 0 spiro atoms. The maximum Gasteiger partial charge on any atom is 0.199 e. The molecule has 1 aromatic rings. The van der Waals surface area contributed by atoms with E-state index in [0.29, 0.717) is 5.41 Å². The lowest BCUT2D eigenvalue weighted by Crippen LogP contribution is -2.29. The van der Waals surface area contributed by atoms with Crippen molar-refractivity contribution in [3.8, 4) is 5.75 Å². The Labute approximate surface area is 128 Å². The van der Waals surface area contributed by atoms with Crippen molar-refractivity contribution in [3.05, 3.63) is 29.8 Å². The van der Waals surface area contributed by atoms with Gasteiger partial charge in [0, 0.05) is 18.4 Å². The lowest BCUT2D eigenvalue weighted by molar-refractivity contribution is -0.105. The molecule has 2 fully saturated rings. The van der Waals surface area contributed by atoms with E-state index in [1.807, 2.05) is 0 Å².